The van der Waals surface area contributed by atoms with Crippen molar-refractivity contribution >= 4 is 27.5 Å². The second-order valence-electron chi connectivity index (χ2n) is 9.48. The highest BCUT2D eigenvalue weighted by molar-refractivity contribution is 7.92. The number of hydrogen-bond donors (Lipinski definition) is 1. The molecule has 2 amide bonds. The zero-order valence-corrected chi connectivity index (χ0v) is 23.5. The molecule has 0 aliphatic rings. The summed E-state index contributed by atoms with van der Waals surface area (Å²) in [5.41, 5.74) is 1.52. The lowest BCUT2D eigenvalue weighted by atomic mass is 10.1. The van der Waals surface area contributed by atoms with Crippen LogP contribution in [0.15, 0.2) is 54.6 Å². The molecule has 2 rings (SSSR count). The molecule has 0 heterocycles. The lowest BCUT2D eigenvalue weighted by molar-refractivity contribution is -0.140. The molecule has 0 saturated heterocycles. The van der Waals surface area contributed by atoms with Gasteiger partial charge in [0.1, 0.15) is 11.8 Å². The molecule has 9 heteroatoms. The second-order valence-corrected chi connectivity index (χ2v) is 11.4. The number of amides is 2. The fourth-order valence-electron chi connectivity index (χ4n) is 3.95. The van der Waals surface area contributed by atoms with Crippen LogP contribution >= 0.6 is 0 Å². The van der Waals surface area contributed by atoms with Gasteiger partial charge in [-0.25, -0.2) is 8.42 Å². The molecule has 37 heavy (non-hydrogen) atoms. The van der Waals surface area contributed by atoms with Crippen LogP contribution in [0, 0.1) is 5.92 Å². The van der Waals surface area contributed by atoms with E-state index in [-0.39, 0.29) is 24.8 Å². The first kappa shape index (κ1) is 30.2. The van der Waals surface area contributed by atoms with Crippen LogP contribution in [0.25, 0.3) is 0 Å². The number of para-hydroxylation sites is 2. The molecule has 0 aliphatic carbocycles. The highest BCUT2D eigenvalue weighted by Crippen LogP contribution is 2.30. The summed E-state index contributed by atoms with van der Waals surface area (Å²) in [6.45, 7) is 9.05. The van der Waals surface area contributed by atoms with Gasteiger partial charge in [0, 0.05) is 26.1 Å². The summed E-state index contributed by atoms with van der Waals surface area (Å²) in [7, 11) is -3.60. The van der Waals surface area contributed by atoms with Gasteiger partial charge in [-0.05, 0) is 50.3 Å². The van der Waals surface area contributed by atoms with Crippen molar-refractivity contribution in [3.05, 3.63) is 60.2 Å². The third-order valence-corrected chi connectivity index (χ3v) is 7.10. The van der Waals surface area contributed by atoms with Crippen LogP contribution in [-0.2, 0) is 26.0 Å². The smallest absolute Gasteiger partial charge is 0.242 e. The summed E-state index contributed by atoms with van der Waals surface area (Å²) in [5.74, 6) is 0.390. The van der Waals surface area contributed by atoms with Crippen LogP contribution in [-0.4, -0.2) is 63.7 Å². The van der Waals surface area contributed by atoms with Crippen LogP contribution in [0.3, 0.4) is 0 Å². The minimum atomic E-state index is -3.60. The Labute approximate surface area is 222 Å². The molecule has 0 spiro atoms. The lowest BCUT2D eigenvalue weighted by Crippen LogP contribution is -2.49. The van der Waals surface area contributed by atoms with Crippen LogP contribution in [0.1, 0.15) is 46.1 Å². The van der Waals surface area contributed by atoms with Crippen molar-refractivity contribution in [3.8, 4) is 5.75 Å². The highest BCUT2D eigenvalue weighted by Gasteiger charge is 2.27. The molecule has 0 radical (unpaired) electrons. The number of carbonyl (C=O) groups excluding carboxylic acids is 2. The molecule has 1 atom stereocenters. The quantitative estimate of drug-likeness (QED) is 0.377. The molecule has 2 aromatic rings. The SMILES string of the molecule is CCOc1ccccc1N(CCCC(=O)N(CCc1ccccc1)C(C)C(=O)NCC(C)C)S(C)(=O)=O. The fraction of sp³-hybridized carbons (Fsp3) is 0.500. The third-order valence-electron chi connectivity index (χ3n) is 5.92. The number of carbonyl (C=O) groups is 2. The molecule has 0 aliphatic heterocycles. The first-order valence-electron chi connectivity index (χ1n) is 12.8. The third kappa shape index (κ3) is 9.72. The Morgan fingerprint density at radius 3 is 2.24 bits per heavy atom. The monoisotopic (exact) mass is 531 g/mol. The van der Waals surface area contributed by atoms with E-state index in [1.807, 2.05) is 51.1 Å². The van der Waals surface area contributed by atoms with E-state index in [4.69, 9.17) is 4.74 Å². The number of nitrogens with one attached hydrogen (secondary N) is 1. The topological polar surface area (TPSA) is 96.0 Å². The van der Waals surface area contributed by atoms with Crippen molar-refractivity contribution in [1.29, 1.82) is 0 Å². The summed E-state index contributed by atoms with van der Waals surface area (Å²) in [4.78, 5) is 27.7. The normalized spacial score (nSPS) is 12.2. The van der Waals surface area contributed by atoms with Crippen molar-refractivity contribution in [3.63, 3.8) is 0 Å². The van der Waals surface area contributed by atoms with Crippen LogP contribution < -0.4 is 14.4 Å². The largest absolute Gasteiger partial charge is 0.492 e. The standard InChI is InChI=1S/C28H41N3O5S/c1-6-36-26-16-11-10-15-25(26)31(37(5,34)35)19-12-17-27(32)30(20-18-24-13-8-7-9-14-24)23(4)28(33)29-21-22(2)3/h7-11,13-16,22-23H,6,12,17-21H2,1-5H3,(H,29,33). The zero-order valence-electron chi connectivity index (χ0n) is 22.6. The van der Waals surface area contributed by atoms with E-state index in [9.17, 15) is 18.0 Å². The van der Waals surface area contributed by atoms with E-state index in [1.54, 1.807) is 36.1 Å². The van der Waals surface area contributed by atoms with Gasteiger partial charge in [0.15, 0.2) is 0 Å². The van der Waals surface area contributed by atoms with Gasteiger partial charge < -0.3 is 15.0 Å². The Morgan fingerprint density at radius 1 is 0.973 bits per heavy atom. The Hall–Kier alpha value is -3.07. The fourth-order valence-corrected chi connectivity index (χ4v) is 4.91. The number of ether oxygens (including phenoxy) is 1. The Bertz CT molecular complexity index is 1110. The Kier molecular flexibility index (Phi) is 11.9. The van der Waals surface area contributed by atoms with Crippen LogP contribution in [0.2, 0.25) is 0 Å². The number of sulfonamides is 1. The van der Waals surface area contributed by atoms with Gasteiger partial charge in [-0.1, -0.05) is 56.3 Å². The maximum Gasteiger partial charge on any atom is 0.242 e. The van der Waals surface area contributed by atoms with E-state index in [0.29, 0.717) is 49.9 Å². The number of nitrogens with zero attached hydrogens (tertiary/aromatic N) is 2. The van der Waals surface area contributed by atoms with E-state index < -0.39 is 16.1 Å². The molecule has 1 N–H and O–H groups in total. The maximum atomic E-state index is 13.3. The number of hydrogen-bond acceptors (Lipinski definition) is 5. The first-order valence-corrected chi connectivity index (χ1v) is 14.7. The van der Waals surface area contributed by atoms with Crippen molar-refractivity contribution in [2.75, 3.05) is 36.8 Å². The summed E-state index contributed by atoms with van der Waals surface area (Å²) in [6, 6.07) is 16.1. The minimum Gasteiger partial charge on any atom is -0.492 e. The van der Waals surface area contributed by atoms with Gasteiger partial charge in [0.25, 0.3) is 0 Å². The molecule has 1 unspecified atom stereocenters. The van der Waals surface area contributed by atoms with Gasteiger partial charge in [-0.15, -0.1) is 0 Å². The molecule has 8 nitrogen and oxygen atoms in total. The van der Waals surface area contributed by atoms with Gasteiger partial charge in [-0.3, -0.25) is 13.9 Å². The first-order chi connectivity index (χ1) is 17.5. The summed E-state index contributed by atoms with van der Waals surface area (Å²) in [6.07, 6.45) is 2.17. The van der Waals surface area contributed by atoms with Crippen LogP contribution in [0.5, 0.6) is 5.75 Å². The highest BCUT2D eigenvalue weighted by atomic mass is 32.2. The van der Waals surface area contributed by atoms with Gasteiger partial charge in [-0.2, -0.15) is 0 Å². The summed E-state index contributed by atoms with van der Waals surface area (Å²) >= 11 is 0. The van der Waals surface area contributed by atoms with Crippen molar-refractivity contribution < 1.29 is 22.7 Å². The molecule has 0 saturated carbocycles. The van der Waals surface area contributed by atoms with Crippen molar-refractivity contribution in [2.24, 2.45) is 5.92 Å². The molecule has 0 aromatic heterocycles. The molecular formula is C28H41N3O5S. The average molecular weight is 532 g/mol. The predicted molar refractivity (Wildman–Crippen MR) is 148 cm³/mol. The number of benzene rings is 2. The predicted octanol–water partition coefficient (Wildman–Crippen LogP) is 3.86. The van der Waals surface area contributed by atoms with E-state index >= 15 is 0 Å². The van der Waals surface area contributed by atoms with Crippen molar-refractivity contribution in [1.82, 2.24) is 10.2 Å². The number of rotatable bonds is 15. The van der Waals surface area contributed by atoms with E-state index in [1.165, 1.54) is 4.31 Å². The molecule has 204 valence electrons. The Balaban J connectivity index is 2.14. The zero-order chi connectivity index (χ0) is 27.4. The second kappa shape index (κ2) is 14.6. The molecule has 0 bridgehead atoms. The average Bonchev–Trinajstić information content (AvgIpc) is 2.85. The van der Waals surface area contributed by atoms with Gasteiger partial charge in [0.05, 0.1) is 18.6 Å². The van der Waals surface area contributed by atoms with Gasteiger partial charge in [0.2, 0.25) is 21.8 Å². The van der Waals surface area contributed by atoms with Crippen LogP contribution in [0.4, 0.5) is 5.69 Å². The summed E-state index contributed by atoms with van der Waals surface area (Å²) in [5, 5.41) is 2.92. The number of anilines is 1. The Morgan fingerprint density at radius 2 is 1.62 bits per heavy atom. The molecule has 0 fully saturated rings. The van der Waals surface area contributed by atoms with Gasteiger partial charge >= 0.3 is 0 Å². The van der Waals surface area contributed by atoms with E-state index in [0.717, 1.165) is 11.8 Å². The minimum absolute atomic E-state index is 0.111. The maximum absolute atomic E-state index is 13.3. The van der Waals surface area contributed by atoms with E-state index in [2.05, 4.69) is 5.32 Å². The summed E-state index contributed by atoms with van der Waals surface area (Å²) < 4.78 is 32.1. The molecule has 2 aromatic carbocycles. The van der Waals surface area contributed by atoms with Crippen molar-refractivity contribution in [2.45, 2.75) is 53.0 Å². The molecular weight excluding hydrogens is 490 g/mol. The lowest BCUT2D eigenvalue weighted by Gasteiger charge is -2.30.